The molecular formula is C14H20ClN3O. The van der Waals surface area contributed by atoms with Crippen molar-refractivity contribution in [3.8, 4) is 0 Å². The molecule has 0 saturated carbocycles. The van der Waals surface area contributed by atoms with Crippen molar-refractivity contribution < 1.29 is 4.79 Å². The molecule has 0 bridgehead atoms. The number of hydrogen-bond acceptors (Lipinski definition) is 2. The number of fused-ring (bicyclic) bond motifs is 1. The van der Waals surface area contributed by atoms with Gasteiger partial charge in [0, 0.05) is 38.9 Å². The normalized spacial score (nSPS) is 29.8. The lowest BCUT2D eigenvalue weighted by atomic mass is 9.93. The number of halogens is 1. The number of carbonyl (C=O) groups is 1. The van der Waals surface area contributed by atoms with E-state index in [4.69, 9.17) is 11.6 Å². The Bertz CT molecular complexity index is 499. The Labute approximate surface area is 118 Å². The first-order valence-electron chi connectivity index (χ1n) is 6.95. The highest BCUT2D eigenvalue weighted by Gasteiger charge is 2.45. The van der Waals surface area contributed by atoms with Crippen molar-refractivity contribution in [3.05, 3.63) is 23.0 Å². The van der Waals surface area contributed by atoms with Crippen LogP contribution in [0.2, 0.25) is 5.02 Å². The van der Waals surface area contributed by atoms with Crippen LogP contribution in [0.3, 0.4) is 0 Å². The minimum atomic E-state index is 0.121. The summed E-state index contributed by atoms with van der Waals surface area (Å²) >= 11 is 5.98. The zero-order chi connectivity index (χ0) is 13.6. The summed E-state index contributed by atoms with van der Waals surface area (Å²) in [6, 6.07) is 2.13. The third-order valence-electron chi connectivity index (χ3n) is 4.59. The van der Waals surface area contributed by atoms with Crippen LogP contribution in [0.5, 0.6) is 0 Å². The lowest BCUT2D eigenvalue weighted by molar-refractivity contribution is 0.0702. The molecule has 0 aromatic carbocycles. The molecule has 3 heterocycles. The maximum atomic E-state index is 12.7. The van der Waals surface area contributed by atoms with Gasteiger partial charge in [-0.05, 0) is 24.3 Å². The predicted octanol–water partition coefficient (Wildman–Crippen LogP) is 1.75. The van der Waals surface area contributed by atoms with Gasteiger partial charge in [-0.3, -0.25) is 4.79 Å². The lowest BCUT2D eigenvalue weighted by Crippen LogP contribution is -2.40. The summed E-state index contributed by atoms with van der Waals surface area (Å²) in [5, 5.41) is 4.06. The molecule has 1 N–H and O–H groups in total. The van der Waals surface area contributed by atoms with Gasteiger partial charge in [-0.1, -0.05) is 18.5 Å². The summed E-state index contributed by atoms with van der Waals surface area (Å²) in [5.41, 5.74) is 0.691. The zero-order valence-corrected chi connectivity index (χ0v) is 12.2. The monoisotopic (exact) mass is 281 g/mol. The number of nitrogens with one attached hydrogen (secondary N) is 1. The van der Waals surface area contributed by atoms with Crippen LogP contribution in [-0.4, -0.2) is 41.1 Å². The second-order valence-electron chi connectivity index (χ2n) is 5.67. The SMILES string of the molecule is CCC1C2CNCC2CN1C(=O)c1cc(Cl)cn1C. The zero-order valence-electron chi connectivity index (χ0n) is 11.4. The molecule has 2 fully saturated rings. The second-order valence-corrected chi connectivity index (χ2v) is 6.11. The fraction of sp³-hybridized carbons (Fsp3) is 0.643. The molecule has 0 aliphatic carbocycles. The Morgan fingerprint density at radius 3 is 2.95 bits per heavy atom. The Morgan fingerprint density at radius 1 is 1.53 bits per heavy atom. The molecule has 2 saturated heterocycles. The van der Waals surface area contributed by atoms with Crippen LogP contribution in [0.1, 0.15) is 23.8 Å². The average molecular weight is 282 g/mol. The minimum Gasteiger partial charge on any atom is -0.345 e. The molecule has 1 aromatic rings. The van der Waals surface area contributed by atoms with Crippen LogP contribution >= 0.6 is 11.6 Å². The van der Waals surface area contributed by atoms with E-state index < -0.39 is 0 Å². The fourth-order valence-electron chi connectivity index (χ4n) is 3.66. The van der Waals surface area contributed by atoms with E-state index in [0.29, 0.717) is 28.6 Å². The molecule has 2 aliphatic heterocycles. The van der Waals surface area contributed by atoms with Crippen molar-refractivity contribution in [1.82, 2.24) is 14.8 Å². The Hall–Kier alpha value is -1.00. The van der Waals surface area contributed by atoms with Crippen molar-refractivity contribution >= 4 is 17.5 Å². The van der Waals surface area contributed by atoms with E-state index in [1.165, 1.54) is 0 Å². The third kappa shape index (κ3) is 2.07. The molecule has 2 aliphatic rings. The van der Waals surface area contributed by atoms with Crippen LogP contribution < -0.4 is 5.32 Å². The number of aromatic nitrogens is 1. The van der Waals surface area contributed by atoms with Crippen LogP contribution in [0.25, 0.3) is 0 Å². The fourth-order valence-corrected chi connectivity index (χ4v) is 3.91. The van der Waals surface area contributed by atoms with Crippen molar-refractivity contribution in [2.45, 2.75) is 19.4 Å². The van der Waals surface area contributed by atoms with Gasteiger partial charge in [0.1, 0.15) is 5.69 Å². The maximum absolute atomic E-state index is 12.7. The lowest BCUT2D eigenvalue weighted by Gasteiger charge is -2.27. The van der Waals surface area contributed by atoms with Crippen LogP contribution in [0, 0.1) is 11.8 Å². The number of nitrogens with zero attached hydrogens (tertiary/aromatic N) is 2. The highest BCUT2D eigenvalue weighted by atomic mass is 35.5. The summed E-state index contributed by atoms with van der Waals surface area (Å²) in [7, 11) is 1.87. The third-order valence-corrected chi connectivity index (χ3v) is 4.79. The molecular weight excluding hydrogens is 262 g/mol. The molecule has 19 heavy (non-hydrogen) atoms. The van der Waals surface area contributed by atoms with E-state index in [9.17, 15) is 4.79 Å². The summed E-state index contributed by atoms with van der Waals surface area (Å²) in [6.45, 7) is 5.13. The quantitative estimate of drug-likeness (QED) is 0.897. The molecule has 4 nitrogen and oxygen atoms in total. The molecule has 3 unspecified atom stereocenters. The van der Waals surface area contributed by atoms with Gasteiger partial charge in [0.2, 0.25) is 0 Å². The van der Waals surface area contributed by atoms with E-state index in [0.717, 1.165) is 26.1 Å². The van der Waals surface area contributed by atoms with Crippen molar-refractivity contribution in [2.24, 2.45) is 18.9 Å². The van der Waals surface area contributed by atoms with Crippen LogP contribution in [0.15, 0.2) is 12.3 Å². The minimum absolute atomic E-state index is 0.121. The van der Waals surface area contributed by atoms with Crippen molar-refractivity contribution in [2.75, 3.05) is 19.6 Å². The first kappa shape index (κ1) is 13.0. The van der Waals surface area contributed by atoms with Gasteiger partial charge in [-0.25, -0.2) is 0 Å². The van der Waals surface area contributed by atoms with Gasteiger partial charge < -0.3 is 14.8 Å². The van der Waals surface area contributed by atoms with E-state index >= 15 is 0 Å². The molecule has 0 spiro atoms. The number of hydrogen-bond donors (Lipinski definition) is 1. The van der Waals surface area contributed by atoms with Gasteiger partial charge in [0.25, 0.3) is 5.91 Å². The van der Waals surface area contributed by atoms with Crippen LogP contribution in [0.4, 0.5) is 0 Å². The van der Waals surface area contributed by atoms with E-state index in [1.54, 1.807) is 12.3 Å². The maximum Gasteiger partial charge on any atom is 0.270 e. The summed E-state index contributed by atoms with van der Waals surface area (Å²) < 4.78 is 1.82. The first-order chi connectivity index (χ1) is 9.11. The predicted molar refractivity (Wildman–Crippen MR) is 75.4 cm³/mol. The van der Waals surface area contributed by atoms with Crippen molar-refractivity contribution in [1.29, 1.82) is 0 Å². The van der Waals surface area contributed by atoms with E-state index in [-0.39, 0.29) is 5.91 Å². The number of likely N-dealkylation sites (tertiary alicyclic amines) is 1. The summed E-state index contributed by atoms with van der Waals surface area (Å²) in [6.07, 6.45) is 2.81. The number of carbonyl (C=O) groups excluding carboxylic acids is 1. The molecule has 1 aromatic heterocycles. The van der Waals surface area contributed by atoms with Gasteiger partial charge in [-0.15, -0.1) is 0 Å². The second kappa shape index (κ2) is 4.84. The number of rotatable bonds is 2. The van der Waals surface area contributed by atoms with Gasteiger partial charge >= 0.3 is 0 Å². The molecule has 0 radical (unpaired) electrons. The van der Waals surface area contributed by atoms with Gasteiger partial charge in [0.15, 0.2) is 0 Å². The highest BCUT2D eigenvalue weighted by Crippen LogP contribution is 2.35. The summed E-state index contributed by atoms with van der Waals surface area (Å²) in [5.74, 6) is 1.35. The van der Waals surface area contributed by atoms with Gasteiger partial charge in [-0.2, -0.15) is 0 Å². The molecule has 104 valence electrons. The Balaban J connectivity index is 1.85. The molecule has 3 rings (SSSR count). The van der Waals surface area contributed by atoms with Gasteiger partial charge in [0.05, 0.1) is 5.02 Å². The van der Waals surface area contributed by atoms with Crippen LogP contribution in [-0.2, 0) is 7.05 Å². The first-order valence-corrected chi connectivity index (χ1v) is 7.33. The van der Waals surface area contributed by atoms with Crippen molar-refractivity contribution in [3.63, 3.8) is 0 Å². The topological polar surface area (TPSA) is 37.3 Å². The summed E-state index contributed by atoms with van der Waals surface area (Å²) in [4.78, 5) is 14.8. The largest absolute Gasteiger partial charge is 0.345 e. The smallest absolute Gasteiger partial charge is 0.270 e. The molecule has 5 heteroatoms. The molecule has 3 atom stereocenters. The Kier molecular flexibility index (Phi) is 3.31. The highest BCUT2D eigenvalue weighted by molar-refractivity contribution is 6.31. The number of amides is 1. The number of aryl methyl sites for hydroxylation is 1. The standard InChI is InChI=1S/C14H20ClN3O/c1-3-12-11-6-16-5-9(11)7-18(12)14(19)13-4-10(15)8-17(13)2/h4,8-9,11-12,16H,3,5-7H2,1-2H3. The van der Waals surface area contributed by atoms with E-state index in [2.05, 4.69) is 17.1 Å². The molecule has 1 amide bonds. The average Bonchev–Trinajstić information content (AvgIpc) is 3.01. The van der Waals surface area contributed by atoms with E-state index in [1.807, 2.05) is 11.6 Å². The Morgan fingerprint density at radius 2 is 2.32 bits per heavy atom.